The molecule has 4 bridgehead atoms. The van der Waals surface area contributed by atoms with E-state index in [4.69, 9.17) is 14.2 Å². The molecule has 0 N–H and O–H groups in total. The fourth-order valence-corrected chi connectivity index (χ4v) is 6.02. The molecule has 0 spiro atoms. The minimum atomic E-state index is -6.03. The zero-order chi connectivity index (χ0) is 26.3. The number of hydrogen-bond donors (Lipinski definition) is 0. The molecule has 0 aromatic carbocycles. The fraction of sp³-hybridized carbons (Fsp3) is 0.958. The maximum atomic E-state index is 13.6. The van der Waals surface area contributed by atoms with E-state index in [2.05, 4.69) is 0 Å². The van der Waals surface area contributed by atoms with Crippen LogP contribution in [0.25, 0.3) is 0 Å². The summed E-state index contributed by atoms with van der Waals surface area (Å²) in [4.78, 5) is 12.8. The predicted molar refractivity (Wildman–Crippen MR) is 112 cm³/mol. The van der Waals surface area contributed by atoms with Gasteiger partial charge in [-0.3, -0.25) is 4.79 Å². The van der Waals surface area contributed by atoms with E-state index in [1.807, 2.05) is 20.8 Å². The Morgan fingerprint density at radius 1 is 0.886 bits per heavy atom. The molecule has 4 saturated carbocycles. The third-order valence-corrected chi connectivity index (χ3v) is 7.84. The Balaban J connectivity index is 1.47. The normalized spacial score (nSPS) is 31.1. The van der Waals surface area contributed by atoms with Crippen LogP contribution in [-0.4, -0.2) is 55.0 Å². The lowest BCUT2D eigenvalue weighted by Gasteiger charge is -2.61. The van der Waals surface area contributed by atoms with Crippen molar-refractivity contribution in [2.45, 2.75) is 108 Å². The van der Waals surface area contributed by atoms with Crippen LogP contribution in [0.15, 0.2) is 0 Å². The Morgan fingerprint density at radius 2 is 1.46 bits per heavy atom. The molecule has 4 aliphatic carbocycles. The summed E-state index contributed by atoms with van der Waals surface area (Å²) >= 11 is 0. The van der Waals surface area contributed by atoms with Crippen molar-refractivity contribution in [3.63, 3.8) is 0 Å². The van der Waals surface area contributed by atoms with Gasteiger partial charge in [-0.25, -0.2) is 8.78 Å². The maximum absolute atomic E-state index is 13.6. The molecular weight excluding hydrogens is 485 g/mol. The van der Waals surface area contributed by atoms with Crippen LogP contribution in [0.5, 0.6) is 0 Å². The second-order valence-corrected chi connectivity index (χ2v) is 11.4. The first-order valence-corrected chi connectivity index (χ1v) is 12.2. The Labute approximate surface area is 201 Å². The molecule has 0 aromatic rings. The zero-order valence-corrected chi connectivity index (χ0v) is 20.4. The van der Waals surface area contributed by atoms with Gasteiger partial charge in [0.2, 0.25) is 0 Å². The average Bonchev–Trinajstić information content (AvgIpc) is 2.67. The molecule has 4 rings (SSSR count). The number of alkyl halides is 7. The van der Waals surface area contributed by atoms with Crippen LogP contribution in [0.2, 0.25) is 0 Å². The Hall–Kier alpha value is -1.10. The Morgan fingerprint density at radius 3 is 2.00 bits per heavy atom. The number of carbonyl (C=O) groups excluding carboxylic acids is 1. The smallest absolute Gasteiger partial charge is 0.453 e. The second-order valence-electron chi connectivity index (χ2n) is 11.4. The van der Waals surface area contributed by atoms with Gasteiger partial charge < -0.3 is 14.2 Å². The monoisotopic (exact) mass is 520 g/mol. The number of halogens is 7. The summed E-state index contributed by atoms with van der Waals surface area (Å²) in [5.41, 5.74) is -1.65. The molecule has 0 aliphatic heterocycles. The fourth-order valence-electron chi connectivity index (χ4n) is 6.02. The molecule has 0 radical (unpaired) electrons. The van der Waals surface area contributed by atoms with Crippen LogP contribution < -0.4 is 0 Å². The highest BCUT2D eigenvalue weighted by atomic mass is 19.4. The largest absolute Gasteiger partial charge is 0.459 e. The Kier molecular flexibility index (Phi) is 7.85. The van der Waals surface area contributed by atoms with E-state index in [0.29, 0.717) is 24.7 Å². The van der Waals surface area contributed by atoms with Crippen LogP contribution in [-0.2, 0) is 19.0 Å². The van der Waals surface area contributed by atoms with Gasteiger partial charge in [0.1, 0.15) is 5.60 Å². The molecule has 11 heteroatoms. The van der Waals surface area contributed by atoms with Crippen LogP contribution in [0.3, 0.4) is 0 Å². The summed E-state index contributed by atoms with van der Waals surface area (Å²) < 4.78 is 107. The topological polar surface area (TPSA) is 44.8 Å². The van der Waals surface area contributed by atoms with Crippen molar-refractivity contribution in [1.82, 2.24) is 0 Å². The van der Waals surface area contributed by atoms with Crippen molar-refractivity contribution in [2.24, 2.45) is 17.3 Å². The van der Waals surface area contributed by atoms with Gasteiger partial charge in [0.05, 0.1) is 37.3 Å². The van der Waals surface area contributed by atoms with Crippen LogP contribution >= 0.6 is 0 Å². The highest BCUT2D eigenvalue weighted by Gasteiger charge is 2.62. The van der Waals surface area contributed by atoms with Gasteiger partial charge in [-0.15, -0.1) is 0 Å². The van der Waals surface area contributed by atoms with Gasteiger partial charge in [-0.05, 0) is 64.2 Å². The molecule has 204 valence electrons. The minimum absolute atomic E-state index is 0.0637. The maximum Gasteiger partial charge on any atom is 0.453 e. The summed E-state index contributed by atoms with van der Waals surface area (Å²) in [5, 5.41) is 0. The first-order valence-electron chi connectivity index (χ1n) is 12.2. The van der Waals surface area contributed by atoms with E-state index in [1.165, 1.54) is 0 Å². The minimum Gasteiger partial charge on any atom is -0.459 e. The van der Waals surface area contributed by atoms with E-state index in [9.17, 15) is 35.5 Å². The zero-order valence-electron chi connectivity index (χ0n) is 20.4. The van der Waals surface area contributed by atoms with E-state index in [1.54, 1.807) is 0 Å². The lowest BCUT2D eigenvalue weighted by molar-refractivity contribution is -0.301. The molecule has 0 aromatic heterocycles. The molecule has 4 fully saturated rings. The Bertz CT molecular complexity index is 751. The van der Waals surface area contributed by atoms with Gasteiger partial charge >= 0.3 is 18.1 Å². The molecule has 0 saturated heterocycles. The number of hydrogen-bond acceptors (Lipinski definition) is 4. The van der Waals surface area contributed by atoms with E-state index in [-0.39, 0.29) is 19.2 Å². The lowest BCUT2D eigenvalue weighted by atomic mass is 9.52. The highest BCUT2D eigenvalue weighted by Crippen LogP contribution is 2.60. The summed E-state index contributed by atoms with van der Waals surface area (Å²) in [6, 6.07) is 0. The third kappa shape index (κ3) is 6.62. The first kappa shape index (κ1) is 28.5. The summed E-state index contributed by atoms with van der Waals surface area (Å²) in [6.07, 6.45) is -4.40. The second kappa shape index (κ2) is 9.65. The summed E-state index contributed by atoms with van der Waals surface area (Å²) in [5.74, 6) is -9.18. The molecule has 2 atom stereocenters. The van der Waals surface area contributed by atoms with Crippen LogP contribution in [0.1, 0.15) is 78.6 Å². The van der Waals surface area contributed by atoms with Gasteiger partial charge in [-0.1, -0.05) is 6.92 Å². The van der Waals surface area contributed by atoms with Gasteiger partial charge in [0.15, 0.2) is 0 Å². The molecule has 4 nitrogen and oxygen atoms in total. The molecule has 2 unspecified atom stereocenters. The van der Waals surface area contributed by atoms with Crippen molar-refractivity contribution in [3.05, 3.63) is 0 Å². The van der Waals surface area contributed by atoms with Crippen LogP contribution in [0.4, 0.5) is 30.7 Å². The molecular formula is C24H35F7O4. The number of ether oxygens (including phenoxy) is 3. The van der Waals surface area contributed by atoms with Gasteiger partial charge in [0.25, 0.3) is 5.92 Å². The van der Waals surface area contributed by atoms with Gasteiger partial charge in [-0.2, -0.15) is 22.0 Å². The quantitative estimate of drug-likeness (QED) is 0.163. The third-order valence-electron chi connectivity index (χ3n) is 7.84. The van der Waals surface area contributed by atoms with Gasteiger partial charge in [0, 0.05) is 12.8 Å². The summed E-state index contributed by atoms with van der Waals surface area (Å²) in [6.45, 7) is 4.94. The van der Waals surface area contributed by atoms with Crippen molar-refractivity contribution < 1.29 is 49.7 Å². The van der Waals surface area contributed by atoms with Crippen molar-refractivity contribution in [1.29, 1.82) is 0 Å². The molecule has 4 aliphatic rings. The highest BCUT2D eigenvalue weighted by molar-refractivity contribution is 5.76. The van der Waals surface area contributed by atoms with E-state index >= 15 is 0 Å². The predicted octanol–water partition coefficient (Wildman–Crippen LogP) is 6.70. The number of rotatable bonds is 12. The van der Waals surface area contributed by atoms with E-state index in [0.717, 1.165) is 32.1 Å². The van der Waals surface area contributed by atoms with E-state index < -0.39 is 54.1 Å². The molecule has 0 heterocycles. The first-order chi connectivity index (χ1) is 15.9. The van der Waals surface area contributed by atoms with Crippen LogP contribution in [0, 0.1) is 17.3 Å². The summed E-state index contributed by atoms with van der Waals surface area (Å²) in [7, 11) is 0. The van der Waals surface area contributed by atoms with Crippen molar-refractivity contribution >= 4 is 5.97 Å². The standard InChI is InChI=1S/C24H35F7O4/c1-4-19(2,3)18(32)35-21-12-16-9-17(13-21)11-20(10-16,14-21)34-8-7-33-6-5-22(25,26)15-23(27,28)24(29,30)31/h16-17H,4-15H2,1-3H3. The number of carbonyl (C=O) groups is 1. The lowest BCUT2D eigenvalue weighted by Crippen LogP contribution is -2.62. The molecule has 35 heavy (non-hydrogen) atoms. The van der Waals surface area contributed by atoms with Crippen molar-refractivity contribution in [2.75, 3.05) is 19.8 Å². The van der Waals surface area contributed by atoms with Crippen molar-refractivity contribution in [3.8, 4) is 0 Å². The number of esters is 1. The molecule has 0 amide bonds. The SMILES string of the molecule is CCC(C)(C)C(=O)OC12CC3CC(CC(OCCOCCC(F)(F)CC(F)(F)C(F)(F)F)(C3)C1)C2. The average molecular weight is 521 g/mol.